The number of methoxy groups -OCH3 is 1. The standard InChI is InChI=1S/C20H20O4.C10H16O3.C8H10Cl2O2.C8H12O4.C2H4.CH5P/c21-19(23-17-7-3-1-4-8-17)15-11-13-16(14-12-15)20(22)24-18-9-5-2-6-10-18;1-7(11)8-3-5-9(6-4-8)10(12)13-2;9-7(11)5-1-2-6(4-3-5)8(10)12;9-7(10)5-1-2-6(4-3-5)8(11)12;2*1-2/h1-10,15-16H,11-14H2;8-9H,3-6H2,1-2H3;5-6H,1-4H2;5-6H,1-4H2,(H,9,10)(H,11,12);1-2H2;2H2,1H3/i;;;;1D;2D2. The summed E-state index contributed by atoms with van der Waals surface area (Å²) in [6.07, 6.45) is 10.7. The van der Waals surface area contributed by atoms with E-state index in [-0.39, 0.29) is 81.5 Å². The lowest BCUT2D eigenvalue weighted by molar-refractivity contribution is -0.148. The van der Waals surface area contributed by atoms with Crippen LogP contribution in [-0.2, 0) is 43.1 Å². The molecule has 0 bridgehead atoms. The molecule has 4 aliphatic carbocycles. The fourth-order valence-corrected chi connectivity index (χ4v) is 8.41. The molecule has 0 atom stereocenters. The maximum absolute atomic E-state index is 12.2. The Balaban J connectivity index is 0.000000453. The van der Waals surface area contributed by atoms with E-state index >= 15 is 0 Å². The van der Waals surface area contributed by atoms with E-state index in [0.29, 0.717) is 88.5 Å². The van der Waals surface area contributed by atoms with E-state index in [1.165, 1.54) is 7.11 Å². The third kappa shape index (κ3) is 22.5. The van der Waals surface area contributed by atoms with Crippen molar-refractivity contribution in [3.63, 3.8) is 0 Å². The zero-order valence-electron chi connectivity index (χ0n) is 40.6. The van der Waals surface area contributed by atoms with Gasteiger partial charge in [-0.3, -0.25) is 38.4 Å². The van der Waals surface area contributed by atoms with Gasteiger partial charge in [-0.05, 0) is 157 Å². The van der Waals surface area contributed by atoms with E-state index in [9.17, 15) is 38.4 Å². The Morgan fingerprint density at radius 2 is 0.785 bits per heavy atom. The number of hydrogen-bond acceptors (Lipinski definition) is 11. The number of carboxylic acid groups (broad SMARTS) is 2. The van der Waals surface area contributed by atoms with Crippen LogP contribution in [0.1, 0.15) is 111 Å². The molecule has 0 radical (unpaired) electrons. The lowest BCUT2D eigenvalue weighted by atomic mass is 9.80. The van der Waals surface area contributed by atoms with E-state index in [2.05, 4.69) is 11.3 Å². The average molecular weight is 969 g/mol. The molecule has 16 heteroatoms. The van der Waals surface area contributed by atoms with Crippen LogP contribution >= 0.6 is 32.3 Å². The molecule has 0 aliphatic heterocycles. The molecule has 4 aliphatic rings. The smallest absolute Gasteiger partial charge is 0.314 e. The number of para-hydroxylation sites is 2. The second-order valence-corrected chi connectivity index (χ2v) is 16.8. The topological polar surface area (TPSA) is 205 Å². The summed E-state index contributed by atoms with van der Waals surface area (Å²) in [5.41, 5.74) is 0. The number of hydrogen-bond donors (Lipinski definition) is 2. The van der Waals surface area contributed by atoms with Crippen molar-refractivity contribution in [2.45, 2.75) is 110 Å². The van der Waals surface area contributed by atoms with Crippen LogP contribution in [0.3, 0.4) is 0 Å². The number of ketones is 1. The molecule has 360 valence electrons. The number of rotatable bonds is 10. The van der Waals surface area contributed by atoms with Crippen LogP contribution < -0.4 is 9.47 Å². The summed E-state index contributed by atoms with van der Waals surface area (Å²) in [7, 11) is 0.296. The molecule has 4 fully saturated rings. The van der Waals surface area contributed by atoms with Crippen molar-refractivity contribution in [1.29, 1.82) is 2.56 Å². The summed E-state index contributed by atoms with van der Waals surface area (Å²) in [4.78, 5) is 89.0. The monoisotopic (exact) mass is 967 g/mol. The molecule has 0 unspecified atom stereocenters. The van der Waals surface area contributed by atoms with E-state index in [0.717, 1.165) is 32.2 Å². The molecule has 13 nitrogen and oxygen atoms in total. The SMILES string of the molecule is COC(=O)C1CCC(C(C)=O)CC1.O=C(Cl)C1CCC(C(=O)Cl)CC1.O=C(O)C1CCC(C(=O)O)CC1.O=C(Oc1ccccc1)C1CCC(C(=O)Oc2ccccc2)CC1.[2H]C=C.[2H]P([2H])C. The van der Waals surface area contributed by atoms with E-state index in [1.54, 1.807) is 37.9 Å². The summed E-state index contributed by atoms with van der Waals surface area (Å²) in [6.45, 7) is 7.22. The molecular weight excluding hydrogens is 898 g/mol. The van der Waals surface area contributed by atoms with Gasteiger partial charge in [-0.2, -0.15) is 0 Å². The van der Waals surface area contributed by atoms with Gasteiger partial charge >= 0.3 is 29.8 Å². The largest absolute Gasteiger partial charge is 0.481 e. The van der Waals surface area contributed by atoms with Gasteiger partial charge in [0.2, 0.25) is 10.5 Å². The molecule has 65 heavy (non-hydrogen) atoms. The van der Waals surface area contributed by atoms with Crippen LogP contribution in [0.4, 0.5) is 0 Å². The second kappa shape index (κ2) is 33.1. The van der Waals surface area contributed by atoms with Crippen LogP contribution in [-0.4, -0.2) is 72.7 Å². The molecule has 4 saturated carbocycles. The van der Waals surface area contributed by atoms with Crippen molar-refractivity contribution in [1.82, 2.24) is 0 Å². The van der Waals surface area contributed by atoms with Gasteiger partial charge in [-0.15, -0.1) is 22.3 Å². The van der Waals surface area contributed by atoms with E-state index in [1.807, 2.05) is 36.4 Å². The van der Waals surface area contributed by atoms with Crippen molar-refractivity contribution >= 4 is 78.4 Å². The van der Waals surface area contributed by atoms with Gasteiger partial charge in [0.1, 0.15) is 17.3 Å². The van der Waals surface area contributed by atoms with Gasteiger partial charge in [0.25, 0.3) is 0 Å². The number of halogens is 2. The molecule has 0 heterocycles. The number of carboxylic acids is 2. The van der Waals surface area contributed by atoms with E-state index in [4.69, 9.17) is 46.8 Å². The molecule has 0 amide bonds. The minimum Gasteiger partial charge on any atom is -0.481 e. The van der Waals surface area contributed by atoms with Gasteiger partial charge in [0, 0.05) is 17.8 Å². The zero-order valence-corrected chi connectivity index (χ0v) is 40.0. The van der Waals surface area contributed by atoms with Crippen molar-refractivity contribution in [2.24, 2.45) is 47.3 Å². The fraction of sp³-hybridized carbons (Fsp3) is 0.551. The van der Waals surface area contributed by atoms with Crippen molar-refractivity contribution in [2.75, 3.05) is 13.8 Å². The number of ether oxygens (including phenoxy) is 3. The number of aliphatic carboxylic acids is 2. The van der Waals surface area contributed by atoms with Gasteiger partial charge < -0.3 is 24.4 Å². The van der Waals surface area contributed by atoms with Gasteiger partial charge in [-0.1, -0.05) is 43.1 Å². The molecule has 6 rings (SSSR count). The summed E-state index contributed by atoms with van der Waals surface area (Å²) < 4.78 is 34.0. The first-order valence-corrected chi connectivity index (χ1v) is 23.6. The molecule has 2 N–H and O–H groups in total. The number of esters is 3. The second-order valence-electron chi connectivity index (χ2n) is 16.1. The number of carbonyl (C=O) groups is 8. The lowest BCUT2D eigenvalue weighted by Crippen LogP contribution is -2.30. The van der Waals surface area contributed by atoms with Gasteiger partial charge in [0.15, 0.2) is 0 Å². The highest BCUT2D eigenvalue weighted by atomic mass is 35.5. The quantitative estimate of drug-likeness (QED) is 0.0749. The van der Waals surface area contributed by atoms with Crippen LogP contribution in [0.15, 0.2) is 73.8 Å². The predicted molar refractivity (Wildman–Crippen MR) is 253 cm³/mol. The first kappa shape index (κ1) is 53.2. The van der Waals surface area contributed by atoms with Crippen LogP contribution in [0.5, 0.6) is 11.5 Å². The van der Waals surface area contributed by atoms with Crippen LogP contribution in [0.2, 0.25) is 0 Å². The first-order chi connectivity index (χ1) is 32.2. The normalized spacial score (nSPS) is 24.9. The molecule has 0 aromatic heterocycles. The Kier molecular flexibility index (Phi) is 27.1. The predicted octanol–water partition coefficient (Wildman–Crippen LogP) is 10.1. The fourth-order valence-electron chi connectivity index (χ4n) is 7.98. The van der Waals surface area contributed by atoms with Crippen LogP contribution in [0, 0.1) is 47.3 Å². The Morgan fingerprint density at radius 3 is 1.03 bits per heavy atom. The molecule has 0 spiro atoms. The maximum atomic E-state index is 12.2. The van der Waals surface area contributed by atoms with Crippen LogP contribution in [0.25, 0.3) is 0 Å². The number of carbonyl (C=O) groups excluding carboxylic acids is 6. The molecule has 2 aromatic rings. The highest BCUT2D eigenvalue weighted by molar-refractivity contribution is 7.15. The lowest BCUT2D eigenvalue weighted by Gasteiger charge is -2.25. The third-order valence-corrected chi connectivity index (χ3v) is 12.6. The van der Waals surface area contributed by atoms with Crippen molar-refractivity contribution in [3.05, 3.63) is 73.8 Å². The maximum Gasteiger partial charge on any atom is 0.314 e. The minimum atomic E-state index is -1.12. The minimum absolute atomic E-state index is 0.0283. The molecule has 2 aromatic carbocycles. The highest BCUT2D eigenvalue weighted by Crippen LogP contribution is 2.33. The summed E-state index contributed by atoms with van der Waals surface area (Å²) >= 11 is 10.7. The Bertz CT molecular complexity index is 1710. The molecular formula is C49H67Cl2O13P. The Labute approximate surface area is 399 Å². The summed E-state index contributed by atoms with van der Waals surface area (Å²) in [6, 6.07) is 18.1. The highest BCUT2D eigenvalue weighted by Gasteiger charge is 2.33. The molecule has 0 saturated heterocycles. The first-order valence-electron chi connectivity index (χ1n) is 23.4. The van der Waals surface area contributed by atoms with Crippen molar-refractivity contribution < 1.29 is 64.2 Å². The summed E-state index contributed by atoms with van der Waals surface area (Å²) in [5.74, 6) is -1.59. The van der Waals surface area contributed by atoms with Gasteiger partial charge in [0.05, 0.1) is 40.6 Å². The third-order valence-electron chi connectivity index (χ3n) is 11.9. The van der Waals surface area contributed by atoms with E-state index < -0.39 is 21.1 Å². The number of Topliss-reactive ketones (excluding diaryl/α,β-unsaturated/α-hetero) is 1. The Morgan fingerprint density at radius 1 is 0.538 bits per heavy atom. The van der Waals surface area contributed by atoms with Gasteiger partial charge in [-0.25, -0.2) is 0 Å². The zero-order chi connectivity index (χ0) is 51.2. The Hall–Kier alpha value is -4.45. The number of benzene rings is 2. The van der Waals surface area contributed by atoms with Crippen molar-refractivity contribution in [3.8, 4) is 11.5 Å². The average Bonchev–Trinajstić information content (AvgIpc) is 3.32. The summed E-state index contributed by atoms with van der Waals surface area (Å²) in [5, 5.41) is 16.7.